The topological polar surface area (TPSA) is 123 Å². The van der Waals surface area contributed by atoms with Crippen LogP contribution in [0.25, 0.3) is 11.4 Å². The Hall–Kier alpha value is -2.94. The molecule has 9 nitrogen and oxygen atoms in total. The van der Waals surface area contributed by atoms with Crippen molar-refractivity contribution in [2.24, 2.45) is 5.84 Å². The van der Waals surface area contributed by atoms with Gasteiger partial charge in [-0.15, -0.1) is 0 Å². The predicted octanol–water partition coefficient (Wildman–Crippen LogP) is 0.0757. The third-order valence-electron chi connectivity index (χ3n) is 2.85. The Kier molecular flexibility index (Phi) is 4.37. The fourth-order valence-electron chi connectivity index (χ4n) is 1.74. The lowest BCUT2D eigenvalue weighted by Gasteiger charge is -2.13. The molecule has 0 unspecified atom stereocenters. The fraction of sp³-hybridized carbons (Fsp3) is 0.231. The zero-order chi connectivity index (χ0) is 16.3. The smallest absolute Gasteiger partial charge is 0.349 e. The first-order chi connectivity index (χ1) is 10.5. The zero-order valence-electron chi connectivity index (χ0n) is 12.3. The summed E-state index contributed by atoms with van der Waals surface area (Å²) in [6, 6.07) is 4.98. The minimum atomic E-state index is -0.675. The summed E-state index contributed by atoms with van der Waals surface area (Å²) in [6.45, 7) is 1.24. The number of nitrogens with zero attached hydrogens (tertiary/aromatic N) is 3. The van der Waals surface area contributed by atoms with E-state index in [1.807, 2.05) is 0 Å². The molecule has 0 saturated heterocycles. The van der Waals surface area contributed by atoms with Gasteiger partial charge in [-0.3, -0.25) is 9.78 Å². The Morgan fingerprint density at radius 3 is 2.50 bits per heavy atom. The Morgan fingerprint density at radius 2 is 1.91 bits per heavy atom. The van der Waals surface area contributed by atoms with Gasteiger partial charge >= 0.3 is 5.69 Å². The molecule has 1 heterocycles. The van der Waals surface area contributed by atoms with Gasteiger partial charge in [-0.1, -0.05) is 0 Å². The Balaban J connectivity index is 2.53. The number of amides is 1. The zero-order valence-corrected chi connectivity index (χ0v) is 12.3. The lowest BCUT2D eigenvalue weighted by atomic mass is 10.2. The number of ether oxygens (including phenoxy) is 2. The molecule has 0 bridgehead atoms. The highest BCUT2D eigenvalue weighted by atomic mass is 16.5. The van der Waals surface area contributed by atoms with Crippen LogP contribution in [-0.4, -0.2) is 35.1 Å². The highest BCUT2D eigenvalue weighted by Crippen LogP contribution is 2.30. The number of rotatable bonds is 4. The molecule has 0 fully saturated rings. The van der Waals surface area contributed by atoms with Crippen molar-refractivity contribution in [1.82, 2.24) is 15.0 Å². The molecular formula is C13H15N5O4. The average Bonchev–Trinajstić information content (AvgIpc) is 2.52. The summed E-state index contributed by atoms with van der Waals surface area (Å²) >= 11 is 0. The molecule has 9 heteroatoms. The molecule has 0 saturated carbocycles. The molecule has 22 heavy (non-hydrogen) atoms. The standard InChI is InChI=1S/C13H15N5O4/c1-7(19)18(14)12-15-11(16-13(20)17-12)8-4-5-9(21-2)10(6-8)22-3/h4-6H,14H2,1-3H3,(H,15,16,17,20). The summed E-state index contributed by atoms with van der Waals surface area (Å²) in [5, 5.41) is 0.694. The number of hydrazine groups is 1. The van der Waals surface area contributed by atoms with Gasteiger partial charge in [0.1, 0.15) is 5.82 Å². The number of carbonyl (C=O) groups excluding carboxylic acids is 1. The van der Waals surface area contributed by atoms with E-state index >= 15 is 0 Å². The molecular weight excluding hydrogens is 290 g/mol. The molecule has 116 valence electrons. The van der Waals surface area contributed by atoms with E-state index in [1.165, 1.54) is 21.1 Å². The second-order valence-corrected chi connectivity index (χ2v) is 4.26. The van der Waals surface area contributed by atoms with Crippen molar-refractivity contribution in [2.45, 2.75) is 6.92 Å². The lowest BCUT2D eigenvalue weighted by molar-refractivity contribution is -0.116. The molecule has 0 aliphatic rings. The quantitative estimate of drug-likeness (QED) is 0.465. The summed E-state index contributed by atoms with van der Waals surface area (Å²) in [5.74, 6) is 6.03. The maximum absolute atomic E-state index is 11.6. The van der Waals surface area contributed by atoms with Gasteiger partial charge in [0.25, 0.3) is 5.95 Å². The highest BCUT2D eigenvalue weighted by molar-refractivity contribution is 5.88. The van der Waals surface area contributed by atoms with Gasteiger partial charge in [-0.25, -0.2) is 15.6 Å². The first-order valence-corrected chi connectivity index (χ1v) is 6.22. The largest absolute Gasteiger partial charge is 0.493 e. The molecule has 2 rings (SSSR count). The van der Waals surface area contributed by atoms with Crippen LogP contribution >= 0.6 is 0 Å². The number of nitrogens with one attached hydrogen (secondary N) is 1. The number of benzene rings is 1. The van der Waals surface area contributed by atoms with Gasteiger partial charge in [0.05, 0.1) is 14.2 Å². The second-order valence-electron chi connectivity index (χ2n) is 4.26. The van der Waals surface area contributed by atoms with Crippen LogP contribution in [0.3, 0.4) is 0 Å². The number of nitrogens with two attached hydrogens (primary N) is 1. The fourth-order valence-corrected chi connectivity index (χ4v) is 1.74. The van der Waals surface area contributed by atoms with Crippen LogP contribution in [0, 0.1) is 0 Å². The number of carbonyl (C=O) groups is 1. The molecule has 1 aromatic heterocycles. The number of H-pyrrole nitrogens is 1. The molecule has 0 aliphatic carbocycles. The van der Waals surface area contributed by atoms with E-state index in [1.54, 1.807) is 18.2 Å². The van der Waals surface area contributed by atoms with Crippen LogP contribution in [-0.2, 0) is 4.79 Å². The van der Waals surface area contributed by atoms with Gasteiger partial charge < -0.3 is 9.47 Å². The molecule has 0 radical (unpaired) electrons. The Bertz CT molecular complexity index is 758. The van der Waals surface area contributed by atoms with Gasteiger partial charge in [0.15, 0.2) is 11.5 Å². The van der Waals surface area contributed by atoms with Crippen molar-refractivity contribution in [3.05, 3.63) is 28.7 Å². The van der Waals surface area contributed by atoms with Gasteiger partial charge in [-0.05, 0) is 18.2 Å². The summed E-state index contributed by atoms with van der Waals surface area (Å²) in [6.07, 6.45) is 0. The Labute approximate surface area is 125 Å². The van der Waals surface area contributed by atoms with Crippen molar-refractivity contribution < 1.29 is 14.3 Å². The van der Waals surface area contributed by atoms with E-state index < -0.39 is 11.6 Å². The van der Waals surface area contributed by atoms with E-state index in [0.717, 1.165) is 0 Å². The third-order valence-corrected chi connectivity index (χ3v) is 2.85. The van der Waals surface area contributed by atoms with Gasteiger partial charge in [0, 0.05) is 12.5 Å². The molecule has 0 atom stereocenters. The van der Waals surface area contributed by atoms with Crippen molar-refractivity contribution in [2.75, 3.05) is 19.2 Å². The maximum atomic E-state index is 11.6. The normalized spacial score (nSPS) is 10.2. The van der Waals surface area contributed by atoms with E-state index in [4.69, 9.17) is 15.3 Å². The SMILES string of the molecule is COc1ccc(-c2nc(N(N)C(C)=O)nc(=O)[nH]2)cc1OC. The van der Waals surface area contributed by atoms with Crippen molar-refractivity contribution in [1.29, 1.82) is 0 Å². The van der Waals surface area contributed by atoms with Gasteiger partial charge in [-0.2, -0.15) is 9.97 Å². The summed E-state index contributed by atoms with van der Waals surface area (Å²) < 4.78 is 10.3. The van der Waals surface area contributed by atoms with Crippen molar-refractivity contribution in [3.8, 4) is 22.9 Å². The van der Waals surface area contributed by atoms with E-state index in [2.05, 4.69) is 15.0 Å². The van der Waals surface area contributed by atoms with Crippen LogP contribution in [0.2, 0.25) is 0 Å². The first kappa shape index (κ1) is 15.4. The molecule has 1 amide bonds. The summed E-state index contributed by atoms with van der Waals surface area (Å²) in [7, 11) is 3.01. The van der Waals surface area contributed by atoms with Crippen molar-refractivity contribution >= 4 is 11.9 Å². The number of aromatic amines is 1. The average molecular weight is 305 g/mol. The van der Waals surface area contributed by atoms with Crippen LogP contribution in [0.5, 0.6) is 11.5 Å². The minimum absolute atomic E-state index is 0.193. The second kappa shape index (κ2) is 6.22. The third kappa shape index (κ3) is 3.04. The monoisotopic (exact) mass is 305 g/mol. The van der Waals surface area contributed by atoms with E-state index in [-0.39, 0.29) is 11.8 Å². The molecule has 3 N–H and O–H groups in total. The van der Waals surface area contributed by atoms with Gasteiger partial charge in [0.2, 0.25) is 5.91 Å². The molecule has 0 spiro atoms. The van der Waals surface area contributed by atoms with E-state index in [9.17, 15) is 9.59 Å². The number of hydrogen-bond donors (Lipinski definition) is 2. The number of methoxy groups -OCH3 is 2. The molecule has 2 aromatic rings. The number of aromatic nitrogens is 3. The number of hydrogen-bond acceptors (Lipinski definition) is 7. The van der Waals surface area contributed by atoms with Crippen LogP contribution < -0.4 is 26.0 Å². The van der Waals surface area contributed by atoms with Crippen LogP contribution in [0.4, 0.5) is 5.95 Å². The maximum Gasteiger partial charge on any atom is 0.349 e. The number of anilines is 1. The first-order valence-electron chi connectivity index (χ1n) is 6.22. The lowest BCUT2D eigenvalue weighted by Crippen LogP contribution is -2.38. The molecule has 0 aliphatic heterocycles. The predicted molar refractivity (Wildman–Crippen MR) is 78.5 cm³/mol. The highest BCUT2D eigenvalue weighted by Gasteiger charge is 2.14. The molecule has 1 aromatic carbocycles. The summed E-state index contributed by atoms with van der Waals surface area (Å²) in [4.78, 5) is 33.0. The van der Waals surface area contributed by atoms with Crippen LogP contribution in [0.1, 0.15) is 6.92 Å². The Morgan fingerprint density at radius 1 is 1.23 bits per heavy atom. The van der Waals surface area contributed by atoms with Crippen LogP contribution in [0.15, 0.2) is 23.0 Å². The van der Waals surface area contributed by atoms with Crippen molar-refractivity contribution in [3.63, 3.8) is 0 Å². The summed E-state index contributed by atoms with van der Waals surface area (Å²) in [5.41, 5.74) is -0.123. The minimum Gasteiger partial charge on any atom is -0.493 e. The van der Waals surface area contributed by atoms with E-state index in [0.29, 0.717) is 22.1 Å².